The summed E-state index contributed by atoms with van der Waals surface area (Å²) in [5.41, 5.74) is 0.793. The van der Waals surface area contributed by atoms with Crippen LogP contribution in [-0.4, -0.2) is 38.4 Å². The number of benzene rings is 2. The van der Waals surface area contributed by atoms with Gasteiger partial charge in [0.1, 0.15) is 0 Å². The number of halogens is 2. The zero-order valence-electron chi connectivity index (χ0n) is 15.3. The summed E-state index contributed by atoms with van der Waals surface area (Å²) >= 11 is 11.7. The lowest BCUT2D eigenvalue weighted by molar-refractivity contribution is -0.146. The van der Waals surface area contributed by atoms with E-state index >= 15 is 0 Å². The van der Waals surface area contributed by atoms with Gasteiger partial charge in [0.05, 0.1) is 22.1 Å². The van der Waals surface area contributed by atoms with E-state index in [0.29, 0.717) is 11.3 Å². The first kappa shape index (κ1) is 22.9. The molecule has 0 radical (unpaired) electrons. The van der Waals surface area contributed by atoms with Gasteiger partial charge in [0, 0.05) is 16.3 Å². The minimum Gasteiger partial charge on any atom is -0.456 e. The Balaban J connectivity index is 1.86. The lowest BCUT2D eigenvalue weighted by Crippen LogP contribution is -2.22. The van der Waals surface area contributed by atoms with E-state index in [1.165, 1.54) is 31.2 Å². The minimum atomic E-state index is -3.86. The number of carbonyl (C=O) groups is 3. The van der Waals surface area contributed by atoms with Crippen molar-refractivity contribution in [3.8, 4) is 0 Å². The summed E-state index contributed by atoms with van der Waals surface area (Å²) in [5.74, 6) is -2.19. The van der Waals surface area contributed by atoms with Crippen molar-refractivity contribution >= 4 is 56.4 Å². The van der Waals surface area contributed by atoms with Gasteiger partial charge in [0.2, 0.25) is 0 Å². The number of carbonyl (C=O) groups excluding carboxylic acids is 3. The highest BCUT2D eigenvalue weighted by molar-refractivity contribution is 7.91. The SMILES string of the molecule is CC(=O)c1cccc(NC(=O)COC(=O)CCS(=O)(=O)c2cc(Cl)ccc2Cl)c1. The maximum Gasteiger partial charge on any atom is 0.307 e. The number of anilines is 1. The number of rotatable bonds is 8. The molecular weight excluding hydrogens is 441 g/mol. The molecule has 7 nitrogen and oxygen atoms in total. The van der Waals surface area contributed by atoms with Gasteiger partial charge in [-0.3, -0.25) is 14.4 Å². The molecule has 0 aliphatic heterocycles. The molecule has 2 rings (SSSR count). The molecule has 0 unspecified atom stereocenters. The first-order valence-electron chi connectivity index (χ1n) is 8.33. The molecule has 0 atom stereocenters. The second kappa shape index (κ2) is 9.87. The summed E-state index contributed by atoms with van der Waals surface area (Å²) in [4.78, 5) is 34.9. The Hall–Kier alpha value is -2.42. The van der Waals surface area contributed by atoms with Gasteiger partial charge in [-0.2, -0.15) is 0 Å². The molecule has 0 fully saturated rings. The van der Waals surface area contributed by atoms with Crippen LogP contribution < -0.4 is 5.32 Å². The standard InChI is InChI=1S/C19H17Cl2NO6S/c1-12(23)13-3-2-4-15(9-13)22-18(24)11-28-19(25)7-8-29(26,27)17-10-14(20)5-6-16(17)21/h2-6,9-10H,7-8,11H2,1H3,(H,22,24). The van der Waals surface area contributed by atoms with Crippen molar-refractivity contribution in [1.29, 1.82) is 0 Å². The number of amides is 1. The Morgan fingerprint density at radius 1 is 1.07 bits per heavy atom. The smallest absolute Gasteiger partial charge is 0.307 e. The van der Waals surface area contributed by atoms with Gasteiger partial charge in [-0.1, -0.05) is 35.3 Å². The zero-order valence-corrected chi connectivity index (χ0v) is 17.6. The Morgan fingerprint density at radius 3 is 2.48 bits per heavy atom. The lowest BCUT2D eigenvalue weighted by atomic mass is 10.1. The van der Waals surface area contributed by atoms with Gasteiger partial charge < -0.3 is 10.1 Å². The van der Waals surface area contributed by atoms with Gasteiger partial charge in [0.25, 0.3) is 5.91 Å². The fraction of sp³-hybridized carbons (Fsp3) is 0.211. The third kappa shape index (κ3) is 6.85. The number of Topliss-reactive ketones (excluding diaryl/α,β-unsaturated/α-hetero) is 1. The molecule has 0 spiro atoms. The second-order valence-corrected chi connectivity index (χ2v) is 8.91. The molecule has 0 aliphatic carbocycles. The molecule has 154 valence electrons. The molecule has 1 amide bonds. The van der Waals surface area contributed by atoms with Crippen LogP contribution in [0, 0.1) is 0 Å². The van der Waals surface area contributed by atoms with Crippen LogP contribution in [0.1, 0.15) is 23.7 Å². The fourth-order valence-corrected chi connectivity index (χ4v) is 4.31. The van der Waals surface area contributed by atoms with Gasteiger partial charge in [-0.25, -0.2) is 8.42 Å². The van der Waals surface area contributed by atoms with Crippen LogP contribution >= 0.6 is 23.2 Å². The predicted octanol–water partition coefficient (Wildman–Crippen LogP) is 3.54. The Morgan fingerprint density at radius 2 is 1.79 bits per heavy atom. The second-order valence-electron chi connectivity index (χ2n) is 5.99. The summed E-state index contributed by atoms with van der Waals surface area (Å²) in [7, 11) is -3.86. The van der Waals surface area contributed by atoms with Crippen molar-refractivity contribution in [3.05, 3.63) is 58.1 Å². The molecule has 0 saturated carbocycles. The fourth-order valence-electron chi connectivity index (χ4n) is 2.27. The van der Waals surface area contributed by atoms with Gasteiger partial charge in [-0.15, -0.1) is 0 Å². The van der Waals surface area contributed by atoms with Crippen molar-refractivity contribution in [2.75, 3.05) is 17.7 Å². The van der Waals surface area contributed by atoms with Crippen molar-refractivity contribution < 1.29 is 27.5 Å². The molecule has 0 aromatic heterocycles. The van der Waals surface area contributed by atoms with E-state index in [-0.39, 0.29) is 20.7 Å². The highest BCUT2D eigenvalue weighted by atomic mass is 35.5. The Labute approximate surface area is 177 Å². The molecule has 29 heavy (non-hydrogen) atoms. The van der Waals surface area contributed by atoms with Crippen LogP contribution in [0.2, 0.25) is 10.0 Å². The quantitative estimate of drug-likeness (QED) is 0.479. The maximum absolute atomic E-state index is 12.3. The zero-order chi connectivity index (χ0) is 21.6. The molecule has 2 aromatic rings. The van der Waals surface area contributed by atoms with E-state index in [4.69, 9.17) is 27.9 Å². The summed E-state index contributed by atoms with van der Waals surface area (Å²) in [5, 5.41) is 2.68. The van der Waals surface area contributed by atoms with Crippen molar-refractivity contribution in [2.45, 2.75) is 18.2 Å². The van der Waals surface area contributed by atoms with Crippen molar-refractivity contribution in [1.82, 2.24) is 0 Å². The molecule has 0 saturated heterocycles. The number of ketones is 1. The van der Waals surface area contributed by atoms with Crippen molar-refractivity contribution in [3.63, 3.8) is 0 Å². The van der Waals surface area contributed by atoms with Crippen LogP contribution in [0.4, 0.5) is 5.69 Å². The van der Waals surface area contributed by atoms with Crippen LogP contribution in [0.3, 0.4) is 0 Å². The summed E-state index contributed by atoms with van der Waals surface area (Å²) in [6.07, 6.45) is -0.460. The van der Waals surface area contributed by atoms with Gasteiger partial charge in [-0.05, 0) is 37.3 Å². The van der Waals surface area contributed by atoms with E-state index in [2.05, 4.69) is 5.32 Å². The average molecular weight is 458 g/mol. The van der Waals surface area contributed by atoms with E-state index < -0.39 is 40.5 Å². The number of nitrogens with one attached hydrogen (secondary N) is 1. The van der Waals surface area contributed by atoms with E-state index in [1.54, 1.807) is 18.2 Å². The lowest BCUT2D eigenvalue weighted by Gasteiger charge is -2.09. The molecule has 0 aliphatic rings. The van der Waals surface area contributed by atoms with Crippen LogP contribution in [0.25, 0.3) is 0 Å². The largest absolute Gasteiger partial charge is 0.456 e. The third-order valence-electron chi connectivity index (χ3n) is 3.72. The summed E-state index contributed by atoms with van der Waals surface area (Å²) in [6.45, 7) is 0.800. The van der Waals surface area contributed by atoms with Crippen LogP contribution in [0.5, 0.6) is 0 Å². The van der Waals surface area contributed by atoms with Gasteiger partial charge >= 0.3 is 5.97 Å². The minimum absolute atomic E-state index is 0.00469. The van der Waals surface area contributed by atoms with E-state index in [9.17, 15) is 22.8 Å². The number of sulfone groups is 1. The summed E-state index contributed by atoms with van der Waals surface area (Å²) < 4.78 is 29.4. The molecule has 10 heteroatoms. The predicted molar refractivity (Wildman–Crippen MR) is 109 cm³/mol. The normalized spacial score (nSPS) is 11.0. The maximum atomic E-state index is 12.3. The Bertz CT molecular complexity index is 1050. The highest BCUT2D eigenvalue weighted by Gasteiger charge is 2.21. The molecule has 0 heterocycles. The topological polar surface area (TPSA) is 107 Å². The molecule has 0 bridgehead atoms. The van der Waals surface area contributed by atoms with Crippen LogP contribution in [0.15, 0.2) is 47.4 Å². The number of ether oxygens (including phenoxy) is 1. The third-order valence-corrected chi connectivity index (χ3v) is 6.15. The van der Waals surface area contributed by atoms with Crippen molar-refractivity contribution in [2.24, 2.45) is 0 Å². The van der Waals surface area contributed by atoms with Gasteiger partial charge in [0.15, 0.2) is 22.2 Å². The van der Waals surface area contributed by atoms with E-state index in [1.807, 2.05) is 0 Å². The average Bonchev–Trinajstić information content (AvgIpc) is 2.66. The number of hydrogen-bond donors (Lipinski definition) is 1. The molecule has 1 N–H and O–H groups in total. The van der Waals surface area contributed by atoms with Crippen LogP contribution in [-0.2, 0) is 24.2 Å². The van der Waals surface area contributed by atoms with E-state index in [0.717, 1.165) is 0 Å². The number of esters is 1. The summed E-state index contributed by atoms with van der Waals surface area (Å²) in [6, 6.07) is 10.3. The highest BCUT2D eigenvalue weighted by Crippen LogP contribution is 2.26. The monoisotopic (exact) mass is 457 g/mol. The Kier molecular flexibility index (Phi) is 7.78. The molecule has 2 aromatic carbocycles. The first-order valence-corrected chi connectivity index (χ1v) is 10.7. The first-order chi connectivity index (χ1) is 13.6. The molecular formula is C19H17Cl2NO6S. The number of hydrogen-bond acceptors (Lipinski definition) is 6.